The van der Waals surface area contributed by atoms with Crippen LogP contribution in [0.15, 0.2) is 48.5 Å². The van der Waals surface area contributed by atoms with Gasteiger partial charge in [-0.3, -0.25) is 9.59 Å². The molecule has 3 atom stereocenters. The zero-order valence-electron chi connectivity index (χ0n) is 27.7. The number of halogens is 9. The first kappa shape index (κ1) is 39.4. The molecule has 15 heteroatoms. The van der Waals surface area contributed by atoms with Gasteiger partial charge < -0.3 is 19.3 Å². The normalized spacial score (nSPS) is 18.8. The lowest BCUT2D eigenvalue weighted by Gasteiger charge is -2.31. The molecule has 1 aliphatic heterocycles. The fourth-order valence-electron chi connectivity index (χ4n) is 6.20. The molecule has 3 aromatic rings. The number of cyclic esters (lactones) is 1. The molecule has 0 aliphatic carbocycles. The summed E-state index contributed by atoms with van der Waals surface area (Å²) >= 11 is 0. The first-order valence-electron chi connectivity index (χ1n) is 15.9. The van der Waals surface area contributed by atoms with Crippen LogP contribution in [0.25, 0.3) is 11.1 Å². The topological polar surface area (TPSA) is 82.1 Å². The number of hydrogen-bond acceptors (Lipinski definition) is 5. The van der Waals surface area contributed by atoms with Crippen LogP contribution < -0.4 is 9.47 Å². The van der Waals surface area contributed by atoms with Crippen LogP contribution in [0.5, 0.6) is 11.5 Å². The predicted molar refractivity (Wildman–Crippen MR) is 166 cm³/mol. The number of rotatable bonds is 10. The van der Waals surface area contributed by atoms with Crippen molar-refractivity contribution < 1.29 is 68.4 Å². The van der Waals surface area contributed by atoms with Crippen LogP contribution in [0.2, 0.25) is 0 Å². The standard InChI is InChI=1S/C36H35F9O6/c1-19-11-23(16-25(12-19)35(40,41)42)33-20(2)6-7-21(14-32(48)51-33)13-22-15-24(34(37,38)39)8-9-26(22)27-17-30(50-10-4-5-31(46)47)28(36(43,44)45)18-29(27)49-3/h8-9,11-12,15-18,20-21,33H,4-7,10,13-14H2,1-3H3,(H,46,47)/t20-,21?,33+/m1/s1. The van der Waals surface area contributed by atoms with Gasteiger partial charge in [0.05, 0.1) is 24.8 Å². The minimum atomic E-state index is -4.93. The maximum absolute atomic E-state index is 14.0. The number of carbonyl (C=O) groups excluding carboxylic acids is 1. The molecule has 1 heterocycles. The molecule has 0 amide bonds. The summed E-state index contributed by atoms with van der Waals surface area (Å²) in [6.07, 6.45) is -15.7. The Labute approximate surface area is 287 Å². The zero-order valence-corrected chi connectivity index (χ0v) is 27.7. The van der Waals surface area contributed by atoms with Gasteiger partial charge in [-0.2, -0.15) is 39.5 Å². The molecule has 0 radical (unpaired) electrons. The van der Waals surface area contributed by atoms with Crippen molar-refractivity contribution in [2.75, 3.05) is 13.7 Å². The van der Waals surface area contributed by atoms with E-state index in [1.165, 1.54) is 13.0 Å². The fraction of sp³-hybridized carbons (Fsp3) is 0.444. The van der Waals surface area contributed by atoms with Crippen LogP contribution in [-0.4, -0.2) is 30.8 Å². The average Bonchev–Trinajstić information content (AvgIpc) is 3.01. The van der Waals surface area contributed by atoms with E-state index in [4.69, 9.17) is 19.3 Å². The lowest BCUT2D eigenvalue weighted by atomic mass is 9.82. The second kappa shape index (κ2) is 15.4. The summed E-state index contributed by atoms with van der Waals surface area (Å²) in [6, 6.07) is 7.73. The highest BCUT2D eigenvalue weighted by Gasteiger charge is 2.38. The summed E-state index contributed by atoms with van der Waals surface area (Å²) in [5, 5.41) is 8.88. The van der Waals surface area contributed by atoms with E-state index in [0.29, 0.717) is 18.1 Å². The van der Waals surface area contributed by atoms with E-state index in [1.54, 1.807) is 6.92 Å². The first-order valence-corrected chi connectivity index (χ1v) is 15.9. The number of carboxylic acid groups (broad SMARTS) is 1. The number of carboxylic acids is 1. The molecule has 1 saturated heterocycles. The van der Waals surface area contributed by atoms with Gasteiger partial charge in [0.25, 0.3) is 0 Å². The van der Waals surface area contributed by atoms with E-state index in [1.807, 2.05) is 0 Å². The Balaban J connectivity index is 1.71. The number of alkyl halides is 9. The minimum Gasteiger partial charge on any atom is -0.496 e. The Bertz CT molecular complexity index is 1730. The fourth-order valence-corrected chi connectivity index (χ4v) is 6.20. The summed E-state index contributed by atoms with van der Waals surface area (Å²) < 4.78 is 141. The van der Waals surface area contributed by atoms with Crippen molar-refractivity contribution in [3.63, 3.8) is 0 Å². The van der Waals surface area contributed by atoms with E-state index in [9.17, 15) is 49.1 Å². The third-order valence-corrected chi connectivity index (χ3v) is 8.65. The zero-order chi connectivity index (χ0) is 37.9. The highest BCUT2D eigenvalue weighted by molar-refractivity contribution is 5.77. The van der Waals surface area contributed by atoms with E-state index in [-0.39, 0.29) is 60.1 Å². The highest BCUT2D eigenvalue weighted by atomic mass is 19.4. The summed E-state index contributed by atoms with van der Waals surface area (Å²) in [5.41, 5.74) is -2.63. The second-order valence-corrected chi connectivity index (χ2v) is 12.6. The maximum Gasteiger partial charge on any atom is 0.420 e. The molecule has 0 saturated carbocycles. The average molecular weight is 735 g/mol. The summed E-state index contributed by atoms with van der Waals surface area (Å²) in [6.45, 7) is 2.78. The molecule has 6 nitrogen and oxygen atoms in total. The summed E-state index contributed by atoms with van der Waals surface area (Å²) in [5.74, 6) is -4.06. The van der Waals surface area contributed by atoms with Gasteiger partial charge in [0.15, 0.2) is 0 Å². The second-order valence-electron chi connectivity index (χ2n) is 12.6. The van der Waals surface area contributed by atoms with Crippen LogP contribution in [-0.2, 0) is 39.3 Å². The Hall–Kier alpha value is -4.43. The van der Waals surface area contributed by atoms with E-state index in [2.05, 4.69) is 0 Å². The Morgan fingerprint density at radius 2 is 1.55 bits per heavy atom. The van der Waals surface area contributed by atoms with Gasteiger partial charge in [0.1, 0.15) is 23.2 Å². The molecule has 0 spiro atoms. The molecule has 51 heavy (non-hydrogen) atoms. The van der Waals surface area contributed by atoms with E-state index < -0.39 is 77.5 Å². The lowest BCUT2D eigenvalue weighted by molar-refractivity contribution is -0.155. The van der Waals surface area contributed by atoms with Gasteiger partial charge in [0, 0.05) is 18.4 Å². The Morgan fingerprint density at radius 3 is 2.16 bits per heavy atom. The van der Waals surface area contributed by atoms with E-state index in [0.717, 1.165) is 43.5 Å². The SMILES string of the molecule is COc1cc(C(F)(F)F)c(OCCCC(=O)O)cc1-c1ccc(C(F)(F)F)cc1CC1CC[C@@H](C)[C@@H](c2cc(C)cc(C(F)(F)F)c2)OC(=O)C1. The molecule has 1 unspecified atom stereocenters. The smallest absolute Gasteiger partial charge is 0.420 e. The maximum atomic E-state index is 14.0. The van der Waals surface area contributed by atoms with Crippen molar-refractivity contribution in [2.24, 2.45) is 11.8 Å². The first-order chi connectivity index (χ1) is 23.7. The molecular weight excluding hydrogens is 699 g/mol. The van der Waals surface area contributed by atoms with Gasteiger partial charge in [-0.15, -0.1) is 0 Å². The third-order valence-electron chi connectivity index (χ3n) is 8.65. The molecular formula is C36H35F9O6. The van der Waals surface area contributed by atoms with Gasteiger partial charge in [-0.25, -0.2) is 0 Å². The molecule has 0 bridgehead atoms. The third kappa shape index (κ3) is 10.1. The van der Waals surface area contributed by atoms with Crippen LogP contribution in [0.1, 0.15) is 78.5 Å². The number of hydrogen-bond donors (Lipinski definition) is 1. The van der Waals surface area contributed by atoms with Crippen molar-refractivity contribution in [2.45, 2.75) is 77.0 Å². The van der Waals surface area contributed by atoms with Gasteiger partial charge >= 0.3 is 30.5 Å². The minimum absolute atomic E-state index is 0.0378. The molecule has 1 aliphatic rings. The Kier molecular flexibility index (Phi) is 11.9. The van der Waals surface area contributed by atoms with Gasteiger partial charge in [0.2, 0.25) is 0 Å². The van der Waals surface area contributed by atoms with Crippen LogP contribution in [0.3, 0.4) is 0 Å². The molecule has 278 valence electrons. The largest absolute Gasteiger partial charge is 0.496 e. The van der Waals surface area contributed by atoms with Crippen molar-refractivity contribution >= 4 is 11.9 Å². The van der Waals surface area contributed by atoms with Crippen molar-refractivity contribution in [3.05, 3.63) is 81.9 Å². The number of benzene rings is 3. The van der Waals surface area contributed by atoms with Crippen molar-refractivity contribution in [3.8, 4) is 22.6 Å². The summed E-state index contributed by atoms with van der Waals surface area (Å²) in [7, 11) is 1.09. The van der Waals surface area contributed by atoms with Crippen molar-refractivity contribution in [1.29, 1.82) is 0 Å². The molecule has 1 N–H and O–H groups in total. The van der Waals surface area contributed by atoms with E-state index >= 15 is 0 Å². The Morgan fingerprint density at radius 1 is 0.863 bits per heavy atom. The van der Waals surface area contributed by atoms with Crippen LogP contribution in [0, 0.1) is 18.8 Å². The number of carbonyl (C=O) groups is 2. The highest BCUT2D eigenvalue weighted by Crippen LogP contribution is 2.46. The number of aliphatic carboxylic acids is 1. The van der Waals surface area contributed by atoms with Crippen LogP contribution in [0.4, 0.5) is 39.5 Å². The number of ether oxygens (including phenoxy) is 3. The molecule has 3 aromatic carbocycles. The number of esters is 1. The quantitative estimate of drug-likeness (QED) is 0.127. The van der Waals surface area contributed by atoms with Crippen molar-refractivity contribution in [1.82, 2.24) is 0 Å². The number of methoxy groups -OCH3 is 1. The predicted octanol–water partition coefficient (Wildman–Crippen LogP) is 10.2. The summed E-state index contributed by atoms with van der Waals surface area (Å²) in [4.78, 5) is 24.0. The molecule has 1 fully saturated rings. The number of aryl methyl sites for hydroxylation is 1. The van der Waals surface area contributed by atoms with Crippen LogP contribution >= 0.6 is 0 Å². The lowest BCUT2D eigenvalue weighted by Crippen LogP contribution is -2.25. The van der Waals surface area contributed by atoms with Gasteiger partial charge in [-0.05, 0) is 97.5 Å². The molecule has 4 rings (SSSR count). The van der Waals surface area contributed by atoms with Gasteiger partial charge in [-0.1, -0.05) is 24.6 Å². The monoisotopic (exact) mass is 734 g/mol. The molecule has 0 aromatic heterocycles.